The van der Waals surface area contributed by atoms with E-state index < -0.39 is 23.9 Å². The van der Waals surface area contributed by atoms with Crippen molar-refractivity contribution in [2.45, 2.75) is 57.0 Å². The van der Waals surface area contributed by atoms with E-state index in [0.29, 0.717) is 50.8 Å². The number of amides is 3. The molecule has 36 heavy (non-hydrogen) atoms. The average Bonchev–Trinajstić information content (AvgIpc) is 3.39. The van der Waals surface area contributed by atoms with Crippen LogP contribution in [0.1, 0.15) is 54.4 Å². The number of hydrogen-bond donors (Lipinski definition) is 3. The molecule has 1 aliphatic rings. The number of carbonyl (C=O) groups excluding carboxylic acids is 4. The van der Waals surface area contributed by atoms with Crippen molar-refractivity contribution in [3.8, 4) is 0 Å². The van der Waals surface area contributed by atoms with Crippen LogP contribution in [0.5, 0.6) is 0 Å². The number of likely N-dealkylation sites (tertiary alicyclic amines) is 1. The SMILES string of the molecule is NCCCC[C@H](CC(=O)[C@H](Cc1ccccc1)NC(=O)c1ccccc1)C(=O)N1CCC[C@H]1C(N)=O. The molecule has 1 saturated heterocycles. The molecule has 2 aromatic rings. The lowest BCUT2D eigenvalue weighted by molar-refractivity contribution is -0.142. The molecule has 3 rings (SSSR count). The fourth-order valence-electron chi connectivity index (χ4n) is 4.72. The fourth-order valence-corrected chi connectivity index (χ4v) is 4.72. The highest BCUT2D eigenvalue weighted by molar-refractivity contribution is 5.99. The molecule has 3 amide bonds. The molecule has 0 bridgehead atoms. The summed E-state index contributed by atoms with van der Waals surface area (Å²) >= 11 is 0. The number of hydrogen-bond acceptors (Lipinski definition) is 5. The third-order valence-corrected chi connectivity index (χ3v) is 6.68. The Kier molecular flexibility index (Phi) is 10.2. The number of benzene rings is 2. The molecular formula is C28H36N4O4. The molecule has 1 fully saturated rings. The Morgan fingerprint density at radius 2 is 1.64 bits per heavy atom. The van der Waals surface area contributed by atoms with Gasteiger partial charge in [0.1, 0.15) is 6.04 Å². The first-order valence-corrected chi connectivity index (χ1v) is 12.6. The van der Waals surface area contributed by atoms with Gasteiger partial charge in [-0.15, -0.1) is 0 Å². The summed E-state index contributed by atoms with van der Waals surface area (Å²) in [7, 11) is 0. The minimum absolute atomic E-state index is 0.0298. The number of Topliss-reactive ketones (excluding diaryl/α,β-unsaturated/α-hetero) is 1. The van der Waals surface area contributed by atoms with E-state index >= 15 is 0 Å². The smallest absolute Gasteiger partial charge is 0.251 e. The quantitative estimate of drug-likeness (QED) is 0.368. The van der Waals surface area contributed by atoms with Crippen molar-refractivity contribution in [2.24, 2.45) is 17.4 Å². The Morgan fingerprint density at radius 3 is 2.28 bits per heavy atom. The van der Waals surface area contributed by atoms with Crippen LogP contribution in [0.15, 0.2) is 60.7 Å². The van der Waals surface area contributed by atoms with Gasteiger partial charge < -0.3 is 21.7 Å². The van der Waals surface area contributed by atoms with Gasteiger partial charge >= 0.3 is 0 Å². The summed E-state index contributed by atoms with van der Waals surface area (Å²) < 4.78 is 0. The summed E-state index contributed by atoms with van der Waals surface area (Å²) in [5.74, 6) is -1.91. The van der Waals surface area contributed by atoms with Crippen molar-refractivity contribution >= 4 is 23.5 Å². The van der Waals surface area contributed by atoms with Crippen LogP contribution >= 0.6 is 0 Å². The first kappa shape index (κ1) is 27.1. The number of ketones is 1. The van der Waals surface area contributed by atoms with E-state index in [-0.39, 0.29) is 24.0 Å². The molecule has 8 nitrogen and oxygen atoms in total. The molecule has 1 aliphatic heterocycles. The summed E-state index contributed by atoms with van der Waals surface area (Å²) in [5.41, 5.74) is 12.5. The van der Waals surface area contributed by atoms with E-state index in [4.69, 9.17) is 11.5 Å². The van der Waals surface area contributed by atoms with Gasteiger partial charge in [-0.2, -0.15) is 0 Å². The largest absolute Gasteiger partial charge is 0.368 e. The van der Waals surface area contributed by atoms with Gasteiger partial charge in [0.05, 0.1) is 6.04 Å². The van der Waals surface area contributed by atoms with Crippen molar-refractivity contribution in [3.63, 3.8) is 0 Å². The Hall–Kier alpha value is -3.52. The summed E-state index contributed by atoms with van der Waals surface area (Å²) in [4.78, 5) is 53.4. The maximum atomic E-state index is 13.6. The lowest BCUT2D eigenvalue weighted by Gasteiger charge is -2.28. The van der Waals surface area contributed by atoms with E-state index in [9.17, 15) is 19.2 Å². The number of carbonyl (C=O) groups is 4. The number of nitrogens with two attached hydrogens (primary N) is 2. The molecule has 0 radical (unpaired) electrons. The summed E-state index contributed by atoms with van der Waals surface area (Å²) in [6.07, 6.45) is 3.42. The number of rotatable bonds is 13. The van der Waals surface area contributed by atoms with Crippen LogP contribution in [0.3, 0.4) is 0 Å². The third-order valence-electron chi connectivity index (χ3n) is 6.68. The standard InChI is InChI=1S/C28H36N4O4/c29-16-8-7-14-22(28(36)32-17-9-15-24(32)26(30)34)19-25(33)23(18-20-10-3-1-4-11-20)31-27(35)21-12-5-2-6-13-21/h1-6,10-13,22-24H,7-9,14-19,29H2,(H2,30,34)(H,31,35)/t22-,23+,24+/m1/s1. The molecule has 3 atom stereocenters. The highest BCUT2D eigenvalue weighted by Crippen LogP contribution is 2.25. The van der Waals surface area contributed by atoms with Crippen LogP contribution in [0, 0.1) is 5.92 Å². The maximum absolute atomic E-state index is 13.6. The van der Waals surface area contributed by atoms with Gasteiger partial charge in [0.25, 0.3) is 5.91 Å². The Bertz CT molecular complexity index is 1030. The van der Waals surface area contributed by atoms with Gasteiger partial charge in [-0.05, 0) is 56.3 Å². The van der Waals surface area contributed by atoms with Crippen LogP contribution in [-0.4, -0.2) is 53.6 Å². The summed E-state index contributed by atoms with van der Waals surface area (Å²) in [6.45, 7) is 0.943. The second-order valence-corrected chi connectivity index (χ2v) is 9.33. The fraction of sp³-hybridized carbons (Fsp3) is 0.429. The Morgan fingerprint density at radius 1 is 0.972 bits per heavy atom. The van der Waals surface area contributed by atoms with Gasteiger partial charge in [0.15, 0.2) is 5.78 Å². The molecule has 8 heteroatoms. The van der Waals surface area contributed by atoms with Gasteiger partial charge in [0, 0.05) is 24.4 Å². The Labute approximate surface area is 212 Å². The molecule has 2 aromatic carbocycles. The summed E-state index contributed by atoms with van der Waals surface area (Å²) in [5, 5.41) is 2.88. The monoisotopic (exact) mass is 492 g/mol. The van der Waals surface area contributed by atoms with E-state index in [2.05, 4.69) is 5.32 Å². The van der Waals surface area contributed by atoms with E-state index in [0.717, 1.165) is 12.0 Å². The second-order valence-electron chi connectivity index (χ2n) is 9.33. The number of unbranched alkanes of at least 4 members (excludes halogenated alkanes) is 1. The van der Waals surface area contributed by atoms with Crippen molar-refractivity contribution in [2.75, 3.05) is 13.1 Å². The lowest BCUT2D eigenvalue weighted by atomic mass is 9.90. The van der Waals surface area contributed by atoms with Crippen LogP contribution in [0.25, 0.3) is 0 Å². The average molecular weight is 493 g/mol. The van der Waals surface area contributed by atoms with Gasteiger partial charge in [-0.3, -0.25) is 19.2 Å². The Balaban J connectivity index is 1.79. The zero-order chi connectivity index (χ0) is 25.9. The highest BCUT2D eigenvalue weighted by atomic mass is 16.2. The first-order valence-electron chi connectivity index (χ1n) is 12.6. The number of primary amides is 1. The van der Waals surface area contributed by atoms with Crippen molar-refractivity contribution in [1.82, 2.24) is 10.2 Å². The van der Waals surface area contributed by atoms with Crippen LogP contribution in [0.4, 0.5) is 0 Å². The lowest BCUT2D eigenvalue weighted by Crippen LogP contribution is -2.48. The summed E-state index contributed by atoms with van der Waals surface area (Å²) in [6, 6.07) is 16.8. The topological polar surface area (TPSA) is 136 Å². The molecule has 0 aromatic heterocycles. The van der Waals surface area contributed by atoms with Crippen molar-refractivity contribution < 1.29 is 19.2 Å². The van der Waals surface area contributed by atoms with Gasteiger partial charge in [-0.25, -0.2) is 0 Å². The molecule has 5 N–H and O–H groups in total. The van der Waals surface area contributed by atoms with Crippen LogP contribution in [0.2, 0.25) is 0 Å². The maximum Gasteiger partial charge on any atom is 0.251 e. The molecule has 0 spiro atoms. The highest BCUT2D eigenvalue weighted by Gasteiger charge is 2.37. The molecule has 0 unspecified atom stereocenters. The van der Waals surface area contributed by atoms with E-state index in [1.165, 1.54) is 4.90 Å². The predicted octanol–water partition coefficient (Wildman–Crippen LogP) is 2.21. The normalized spacial score (nSPS) is 16.8. The second kappa shape index (κ2) is 13.5. The van der Waals surface area contributed by atoms with Crippen LogP contribution < -0.4 is 16.8 Å². The van der Waals surface area contributed by atoms with E-state index in [1.54, 1.807) is 24.3 Å². The van der Waals surface area contributed by atoms with E-state index in [1.807, 2.05) is 36.4 Å². The molecular weight excluding hydrogens is 456 g/mol. The molecule has 192 valence electrons. The van der Waals surface area contributed by atoms with Gasteiger partial charge in [0.2, 0.25) is 11.8 Å². The predicted molar refractivity (Wildman–Crippen MR) is 138 cm³/mol. The number of nitrogens with one attached hydrogen (secondary N) is 1. The zero-order valence-electron chi connectivity index (χ0n) is 20.6. The van der Waals surface area contributed by atoms with Crippen molar-refractivity contribution in [3.05, 3.63) is 71.8 Å². The molecule has 0 aliphatic carbocycles. The minimum atomic E-state index is -0.796. The zero-order valence-corrected chi connectivity index (χ0v) is 20.6. The van der Waals surface area contributed by atoms with Crippen molar-refractivity contribution in [1.29, 1.82) is 0 Å². The number of nitrogens with zero attached hydrogens (tertiary/aromatic N) is 1. The van der Waals surface area contributed by atoms with Gasteiger partial charge in [-0.1, -0.05) is 55.0 Å². The molecule has 1 heterocycles. The van der Waals surface area contributed by atoms with Crippen LogP contribution in [-0.2, 0) is 20.8 Å². The minimum Gasteiger partial charge on any atom is -0.368 e. The third kappa shape index (κ3) is 7.49. The molecule has 0 saturated carbocycles. The first-order chi connectivity index (χ1) is 17.4.